The average Bonchev–Trinajstić information content (AvgIpc) is 2.38. The molecule has 0 aliphatic heterocycles. The van der Waals surface area contributed by atoms with Gasteiger partial charge >= 0.3 is 0 Å². The minimum Gasteiger partial charge on any atom is -0.481 e. The van der Waals surface area contributed by atoms with Crippen molar-refractivity contribution in [1.29, 1.82) is 0 Å². The zero-order valence-electron chi connectivity index (χ0n) is 12.3. The lowest BCUT2D eigenvalue weighted by Gasteiger charge is -2.16. The van der Waals surface area contributed by atoms with E-state index in [1.165, 1.54) is 6.07 Å². The first-order valence-electron chi connectivity index (χ1n) is 6.95. The first kappa shape index (κ1) is 16.4. The first-order valence-corrected chi connectivity index (χ1v) is 6.95. The average molecular weight is 282 g/mol. The Morgan fingerprint density at radius 1 is 1.45 bits per heavy atom. The van der Waals surface area contributed by atoms with Crippen molar-refractivity contribution in [3.63, 3.8) is 0 Å². The smallest absolute Gasteiger partial charge is 0.260 e. The normalized spacial score (nSPS) is 13.7. The molecule has 0 saturated heterocycles. The maximum Gasteiger partial charge on any atom is 0.260 e. The van der Waals surface area contributed by atoms with Crippen molar-refractivity contribution in [3.05, 3.63) is 29.6 Å². The van der Waals surface area contributed by atoms with Crippen LogP contribution >= 0.6 is 0 Å². The summed E-state index contributed by atoms with van der Waals surface area (Å²) in [7, 11) is 0. The largest absolute Gasteiger partial charge is 0.481 e. The number of carbonyl (C=O) groups excluding carboxylic acids is 1. The van der Waals surface area contributed by atoms with Crippen molar-refractivity contribution in [2.24, 2.45) is 5.73 Å². The number of benzene rings is 1. The maximum absolute atomic E-state index is 13.7. The highest BCUT2D eigenvalue weighted by Gasteiger charge is 2.15. The number of ether oxygens (including phenoxy) is 1. The number of unbranched alkanes of at least 4 members (excludes halogenated alkanes) is 1. The molecule has 3 N–H and O–H groups in total. The Labute approximate surface area is 119 Å². The van der Waals surface area contributed by atoms with Gasteiger partial charge in [0.25, 0.3) is 5.91 Å². The van der Waals surface area contributed by atoms with Crippen LogP contribution in [0.1, 0.15) is 45.2 Å². The van der Waals surface area contributed by atoms with Gasteiger partial charge in [0.2, 0.25) is 0 Å². The van der Waals surface area contributed by atoms with Gasteiger partial charge in [-0.15, -0.1) is 0 Å². The summed E-state index contributed by atoms with van der Waals surface area (Å²) in [5.74, 6) is -0.295. The fourth-order valence-electron chi connectivity index (χ4n) is 1.74. The van der Waals surface area contributed by atoms with Crippen LogP contribution in [0.3, 0.4) is 0 Å². The van der Waals surface area contributed by atoms with Crippen LogP contribution in [0.5, 0.6) is 5.75 Å². The monoisotopic (exact) mass is 282 g/mol. The molecular weight excluding hydrogens is 259 g/mol. The van der Waals surface area contributed by atoms with Gasteiger partial charge in [0.15, 0.2) is 6.10 Å². The summed E-state index contributed by atoms with van der Waals surface area (Å²) in [5, 5.41) is 2.77. The van der Waals surface area contributed by atoms with Gasteiger partial charge in [0.1, 0.15) is 11.6 Å². The number of halogens is 1. The molecular formula is C15H23FN2O2. The van der Waals surface area contributed by atoms with E-state index in [1.807, 2.05) is 0 Å². The van der Waals surface area contributed by atoms with E-state index < -0.39 is 11.9 Å². The Morgan fingerprint density at radius 2 is 2.15 bits per heavy atom. The number of hydrogen-bond donors (Lipinski definition) is 2. The Balaban J connectivity index is 2.59. The Bertz CT molecular complexity index is 449. The standard InChI is InChI=1S/C15H23FN2O2/c1-4-5-8-18-15(19)11(3)20-12-6-7-13(10(2)17)14(16)9-12/h6-7,9-11H,4-5,8,17H2,1-3H3,(H,18,19)/t10-,11?/m0/s1. The summed E-state index contributed by atoms with van der Waals surface area (Å²) in [5.41, 5.74) is 6.07. The fourth-order valence-corrected chi connectivity index (χ4v) is 1.74. The van der Waals surface area contributed by atoms with Crippen molar-refractivity contribution in [1.82, 2.24) is 5.32 Å². The van der Waals surface area contributed by atoms with E-state index in [0.717, 1.165) is 12.8 Å². The molecule has 0 radical (unpaired) electrons. The van der Waals surface area contributed by atoms with E-state index in [9.17, 15) is 9.18 Å². The molecule has 5 heteroatoms. The lowest BCUT2D eigenvalue weighted by Crippen LogP contribution is -2.36. The van der Waals surface area contributed by atoms with Gasteiger partial charge < -0.3 is 15.8 Å². The lowest BCUT2D eigenvalue weighted by molar-refractivity contribution is -0.127. The SMILES string of the molecule is CCCCNC(=O)C(C)Oc1ccc([C@H](C)N)c(F)c1. The molecule has 0 aliphatic carbocycles. The number of hydrogen-bond acceptors (Lipinski definition) is 3. The minimum atomic E-state index is -0.660. The van der Waals surface area contributed by atoms with Crippen molar-refractivity contribution >= 4 is 5.91 Å². The van der Waals surface area contributed by atoms with Crippen LogP contribution in [-0.4, -0.2) is 18.6 Å². The number of nitrogens with one attached hydrogen (secondary N) is 1. The van der Waals surface area contributed by atoms with Gasteiger partial charge in [0.05, 0.1) is 0 Å². The number of amides is 1. The molecule has 112 valence electrons. The van der Waals surface area contributed by atoms with Gasteiger partial charge in [-0.05, 0) is 26.3 Å². The molecule has 0 aliphatic rings. The van der Waals surface area contributed by atoms with E-state index >= 15 is 0 Å². The summed E-state index contributed by atoms with van der Waals surface area (Å²) in [6, 6.07) is 4.09. The molecule has 4 nitrogen and oxygen atoms in total. The third-order valence-corrected chi connectivity index (χ3v) is 2.97. The second-order valence-corrected chi connectivity index (χ2v) is 4.88. The molecule has 1 aromatic carbocycles. The Hall–Kier alpha value is -1.62. The number of rotatable bonds is 7. The molecule has 2 atom stereocenters. The fraction of sp³-hybridized carbons (Fsp3) is 0.533. The van der Waals surface area contributed by atoms with Gasteiger partial charge in [-0.3, -0.25) is 4.79 Å². The Morgan fingerprint density at radius 3 is 2.70 bits per heavy atom. The van der Waals surface area contributed by atoms with E-state index in [-0.39, 0.29) is 11.9 Å². The van der Waals surface area contributed by atoms with Gasteiger partial charge in [-0.25, -0.2) is 4.39 Å². The van der Waals surface area contributed by atoms with Crippen LogP contribution in [-0.2, 0) is 4.79 Å². The molecule has 0 bridgehead atoms. The summed E-state index contributed by atoms with van der Waals surface area (Å²) >= 11 is 0. The molecule has 0 fully saturated rings. The van der Waals surface area contributed by atoms with Crippen LogP contribution in [0.25, 0.3) is 0 Å². The minimum absolute atomic E-state index is 0.199. The molecule has 1 unspecified atom stereocenters. The van der Waals surface area contributed by atoms with Crippen molar-refractivity contribution in [2.75, 3.05) is 6.54 Å². The van der Waals surface area contributed by atoms with Crippen molar-refractivity contribution in [3.8, 4) is 5.75 Å². The van der Waals surface area contributed by atoms with E-state index in [4.69, 9.17) is 10.5 Å². The van der Waals surface area contributed by atoms with Crippen LogP contribution in [0.2, 0.25) is 0 Å². The quantitative estimate of drug-likeness (QED) is 0.755. The van der Waals surface area contributed by atoms with Crippen molar-refractivity contribution < 1.29 is 13.9 Å². The highest BCUT2D eigenvalue weighted by Crippen LogP contribution is 2.21. The van der Waals surface area contributed by atoms with Gasteiger partial charge in [-0.1, -0.05) is 19.4 Å². The second kappa shape index (κ2) is 7.85. The number of nitrogens with two attached hydrogens (primary N) is 1. The van der Waals surface area contributed by atoms with E-state index in [2.05, 4.69) is 12.2 Å². The Kier molecular flexibility index (Phi) is 6.45. The van der Waals surface area contributed by atoms with Gasteiger partial charge in [-0.2, -0.15) is 0 Å². The molecule has 0 saturated carbocycles. The first-order chi connectivity index (χ1) is 9.45. The van der Waals surface area contributed by atoms with Crippen molar-refractivity contribution in [2.45, 2.75) is 45.8 Å². The highest BCUT2D eigenvalue weighted by atomic mass is 19.1. The van der Waals surface area contributed by atoms with Crippen LogP contribution in [0, 0.1) is 5.82 Å². The molecule has 1 aromatic rings. The molecule has 0 aromatic heterocycles. The summed E-state index contributed by atoms with van der Waals surface area (Å²) in [6.07, 6.45) is 1.28. The topological polar surface area (TPSA) is 64.3 Å². The highest BCUT2D eigenvalue weighted by molar-refractivity contribution is 5.80. The third-order valence-electron chi connectivity index (χ3n) is 2.97. The predicted octanol–water partition coefficient (Wildman–Crippen LogP) is 2.53. The molecule has 1 rings (SSSR count). The zero-order chi connectivity index (χ0) is 15.1. The van der Waals surface area contributed by atoms with Crippen LogP contribution in [0.15, 0.2) is 18.2 Å². The molecule has 0 heterocycles. The third kappa shape index (κ3) is 4.81. The van der Waals surface area contributed by atoms with Gasteiger partial charge in [0, 0.05) is 24.2 Å². The van der Waals surface area contributed by atoms with E-state index in [1.54, 1.807) is 26.0 Å². The molecule has 1 amide bonds. The number of carbonyl (C=O) groups is 1. The maximum atomic E-state index is 13.7. The molecule has 20 heavy (non-hydrogen) atoms. The zero-order valence-corrected chi connectivity index (χ0v) is 12.3. The second-order valence-electron chi connectivity index (χ2n) is 4.88. The summed E-state index contributed by atoms with van der Waals surface area (Å²) in [4.78, 5) is 11.7. The van der Waals surface area contributed by atoms with Crippen LogP contribution in [0.4, 0.5) is 4.39 Å². The molecule has 0 spiro atoms. The predicted molar refractivity (Wildman–Crippen MR) is 77.0 cm³/mol. The lowest BCUT2D eigenvalue weighted by atomic mass is 10.1. The summed E-state index contributed by atoms with van der Waals surface area (Å²) in [6.45, 7) is 6.03. The summed E-state index contributed by atoms with van der Waals surface area (Å²) < 4.78 is 19.2. The van der Waals surface area contributed by atoms with E-state index in [0.29, 0.717) is 17.9 Å². The van der Waals surface area contributed by atoms with Crippen LogP contribution < -0.4 is 15.8 Å².